The molecule has 0 saturated heterocycles. The molecule has 2 N–H and O–H groups in total. The standard InChI is InChI=1S/C8H8ClN5O2S/c9-6-4-17-8(11-6)10-1-5-2-14(13-12-5)3-7(15)16/h2,4H,1,3H2,(H,10,11)(H,15,16). The van der Waals surface area contributed by atoms with Crippen LogP contribution in [0.3, 0.4) is 0 Å². The minimum Gasteiger partial charge on any atom is -0.480 e. The van der Waals surface area contributed by atoms with Crippen molar-refractivity contribution in [2.75, 3.05) is 5.32 Å². The monoisotopic (exact) mass is 273 g/mol. The van der Waals surface area contributed by atoms with Crippen molar-refractivity contribution in [3.05, 3.63) is 22.4 Å². The molecule has 0 aromatic carbocycles. The number of thiazole rings is 1. The zero-order valence-corrected chi connectivity index (χ0v) is 10.1. The fraction of sp³-hybridized carbons (Fsp3) is 0.250. The fourth-order valence-corrected chi connectivity index (χ4v) is 1.97. The van der Waals surface area contributed by atoms with Crippen LogP contribution in [0.5, 0.6) is 0 Å². The van der Waals surface area contributed by atoms with Gasteiger partial charge in [-0.1, -0.05) is 16.8 Å². The van der Waals surface area contributed by atoms with Gasteiger partial charge in [-0.3, -0.25) is 4.79 Å². The fourth-order valence-electron chi connectivity index (χ4n) is 1.14. The summed E-state index contributed by atoms with van der Waals surface area (Å²) in [6, 6.07) is 0. The number of carboxylic acid groups (broad SMARTS) is 1. The minimum atomic E-state index is -0.957. The van der Waals surface area contributed by atoms with E-state index in [-0.39, 0.29) is 6.54 Å². The van der Waals surface area contributed by atoms with Crippen molar-refractivity contribution in [2.45, 2.75) is 13.1 Å². The Morgan fingerprint density at radius 1 is 1.65 bits per heavy atom. The van der Waals surface area contributed by atoms with Gasteiger partial charge in [-0.15, -0.1) is 16.4 Å². The molecule has 0 radical (unpaired) electrons. The average molecular weight is 274 g/mol. The molecule has 0 bridgehead atoms. The molecule has 9 heteroatoms. The molecule has 2 aromatic rings. The van der Waals surface area contributed by atoms with E-state index < -0.39 is 5.97 Å². The van der Waals surface area contributed by atoms with Gasteiger partial charge in [0.15, 0.2) is 5.13 Å². The first-order valence-electron chi connectivity index (χ1n) is 4.59. The number of aromatic nitrogens is 4. The van der Waals surface area contributed by atoms with Gasteiger partial charge in [0.05, 0.1) is 12.7 Å². The van der Waals surface area contributed by atoms with Gasteiger partial charge in [-0.25, -0.2) is 9.67 Å². The summed E-state index contributed by atoms with van der Waals surface area (Å²) < 4.78 is 1.26. The summed E-state index contributed by atoms with van der Waals surface area (Å²) in [6.07, 6.45) is 1.57. The highest BCUT2D eigenvalue weighted by atomic mass is 35.5. The van der Waals surface area contributed by atoms with Crippen LogP contribution >= 0.6 is 22.9 Å². The molecule has 2 aromatic heterocycles. The van der Waals surface area contributed by atoms with Crippen LogP contribution in [0.25, 0.3) is 0 Å². The van der Waals surface area contributed by atoms with Crippen LogP contribution in [0.1, 0.15) is 5.69 Å². The number of hydrogen-bond acceptors (Lipinski definition) is 6. The molecule has 0 unspecified atom stereocenters. The molecule has 0 atom stereocenters. The summed E-state index contributed by atoms with van der Waals surface area (Å²) in [6.45, 7) is 0.222. The Morgan fingerprint density at radius 3 is 3.12 bits per heavy atom. The van der Waals surface area contributed by atoms with Crippen molar-refractivity contribution in [3.8, 4) is 0 Å². The number of nitrogens with one attached hydrogen (secondary N) is 1. The van der Waals surface area contributed by atoms with Crippen molar-refractivity contribution in [1.29, 1.82) is 0 Å². The molecule has 90 valence electrons. The lowest BCUT2D eigenvalue weighted by molar-refractivity contribution is -0.137. The highest BCUT2D eigenvalue weighted by Crippen LogP contribution is 2.19. The molecular formula is C8H8ClN5O2S. The second-order valence-electron chi connectivity index (χ2n) is 3.13. The summed E-state index contributed by atoms with van der Waals surface area (Å²) in [4.78, 5) is 14.4. The topological polar surface area (TPSA) is 92.9 Å². The normalized spacial score (nSPS) is 10.4. The van der Waals surface area contributed by atoms with E-state index in [1.165, 1.54) is 16.0 Å². The molecule has 0 saturated carbocycles. The Balaban J connectivity index is 1.91. The van der Waals surface area contributed by atoms with Gasteiger partial charge in [-0.2, -0.15) is 0 Å². The molecular weight excluding hydrogens is 266 g/mol. The summed E-state index contributed by atoms with van der Waals surface area (Å²) >= 11 is 7.05. The SMILES string of the molecule is O=C(O)Cn1cc(CNc2nc(Cl)cs2)nn1. The first-order chi connectivity index (χ1) is 8.13. The van der Waals surface area contributed by atoms with E-state index in [0.29, 0.717) is 22.5 Å². The number of rotatable bonds is 5. The van der Waals surface area contributed by atoms with E-state index in [4.69, 9.17) is 16.7 Å². The van der Waals surface area contributed by atoms with Crippen molar-refractivity contribution >= 4 is 34.0 Å². The molecule has 2 rings (SSSR count). The molecule has 0 aliphatic carbocycles. The number of carbonyl (C=O) groups is 1. The number of nitrogens with zero attached hydrogens (tertiary/aromatic N) is 4. The average Bonchev–Trinajstić information content (AvgIpc) is 2.84. The quantitative estimate of drug-likeness (QED) is 0.847. The Hall–Kier alpha value is -1.67. The summed E-state index contributed by atoms with van der Waals surface area (Å²) in [5, 5.41) is 21.9. The van der Waals surface area contributed by atoms with Crippen molar-refractivity contribution in [2.24, 2.45) is 0 Å². The zero-order valence-electron chi connectivity index (χ0n) is 8.50. The molecule has 0 spiro atoms. The Kier molecular flexibility index (Phi) is 3.55. The van der Waals surface area contributed by atoms with E-state index >= 15 is 0 Å². The third-order valence-electron chi connectivity index (χ3n) is 1.78. The lowest BCUT2D eigenvalue weighted by Crippen LogP contribution is -2.09. The van der Waals surface area contributed by atoms with Gasteiger partial charge in [0.1, 0.15) is 17.4 Å². The van der Waals surface area contributed by atoms with Gasteiger partial charge in [0.25, 0.3) is 0 Å². The maximum atomic E-state index is 10.4. The number of anilines is 1. The third kappa shape index (κ3) is 3.40. The first-order valence-corrected chi connectivity index (χ1v) is 5.85. The lowest BCUT2D eigenvalue weighted by atomic mass is 10.5. The molecule has 0 amide bonds. The maximum Gasteiger partial charge on any atom is 0.325 e. The van der Waals surface area contributed by atoms with E-state index in [2.05, 4.69) is 20.6 Å². The van der Waals surface area contributed by atoms with Gasteiger partial charge in [0, 0.05) is 5.38 Å². The molecule has 0 fully saturated rings. The number of carboxylic acids is 1. The maximum absolute atomic E-state index is 10.4. The van der Waals surface area contributed by atoms with Gasteiger partial charge >= 0.3 is 5.97 Å². The summed E-state index contributed by atoms with van der Waals surface area (Å²) in [5.74, 6) is -0.957. The molecule has 7 nitrogen and oxygen atoms in total. The van der Waals surface area contributed by atoms with Crippen LogP contribution in [0, 0.1) is 0 Å². The zero-order chi connectivity index (χ0) is 12.3. The molecule has 2 heterocycles. The van der Waals surface area contributed by atoms with Crippen molar-refractivity contribution in [1.82, 2.24) is 20.0 Å². The van der Waals surface area contributed by atoms with Crippen LogP contribution in [0.4, 0.5) is 5.13 Å². The number of halogens is 1. The Labute approximate surface area is 105 Å². The summed E-state index contributed by atoms with van der Waals surface area (Å²) in [7, 11) is 0. The van der Waals surface area contributed by atoms with Crippen LogP contribution < -0.4 is 5.32 Å². The Bertz CT molecular complexity index is 525. The second-order valence-corrected chi connectivity index (χ2v) is 4.38. The number of hydrogen-bond donors (Lipinski definition) is 2. The molecule has 0 aliphatic heterocycles. The van der Waals surface area contributed by atoms with E-state index in [0.717, 1.165) is 0 Å². The van der Waals surface area contributed by atoms with Crippen LogP contribution in [-0.4, -0.2) is 31.1 Å². The lowest BCUT2D eigenvalue weighted by Gasteiger charge is -1.97. The molecule has 0 aliphatic rings. The smallest absolute Gasteiger partial charge is 0.325 e. The van der Waals surface area contributed by atoms with Crippen LogP contribution in [-0.2, 0) is 17.9 Å². The van der Waals surface area contributed by atoms with Gasteiger partial charge in [-0.05, 0) is 0 Å². The van der Waals surface area contributed by atoms with Crippen molar-refractivity contribution < 1.29 is 9.90 Å². The van der Waals surface area contributed by atoms with Crippen LogP contribution in [0.2, 0.25) is 5.15 Å². The predicted octanol–water partition coefficient (Wildman–Crippen LogP) is 1.08. The molecule has 17 heavy (non-hydrogen) atoms. The Morgan fingerprint density at radius 2 is 2.47 bits per heavy atom. The summed E-state index contributed by atoms with van der Waals surface area (Å²) in [5.41, 5.74) is 0.637. The van der Waals surface area contributed by atoms with E-state index in [1.807, 2.05) is 0 Å². The second kappa shape index (κ2) is 5.11. The van der Waals surface area contributed by atoms with E-state index in [9.17, 15) is 4.79 Å². The largest absolute Gasteiger partial charge is 0.480 e. The highest BCUT2D eigenvalue weighted by molar-refractivity contribution is 7.14. The van der Waals surface area contributed by atoms with Gasteiger partial charge < -0.3 is 10.4 Å². The van der Waals surface area contributed by atoms with Crippen LogP contribution in [0.15, 0.2) is 11.6 Å². The van der Waals surface area contributed by atoms with E-state index in [1.54, 1.807) is 11.6 Å². The highest BCUT2D eigenvalue weighted by Gasteiger charge is 2.05. The first kappa shape index (κ1) is 11.8. The van der Waals surface area contributed by atoms with Gasteiger partial charge in [0.2, 0.25) is 0 Å². The third-order valence-corrected chi connectivity index (χ3v) is 2.90. The predicted molar refractivity (Wildman–Crippen MR) is 62.1 cm³/mol. The van der Waals surface area contributed by atoms with Crippen molar-refractivity contribution in [3.63, 3.8) is 0 Å². The number of aliphatic carboxylic acids is 1. The minimum absolute atomic E-state index is 0.198.